The maximum absolute atomic E-state index is 6.03. The number of anilines is 1. The van der Waals surface area contributed by atoms with E-state index in [0.717, 1.165) is 47.2 Å². The molecule has 2 aromatic rings. The number of nitrogen functional groups attached to an aromatic ring is 1. The van der Waals surface area contributed by atoms with Crippen LogP contribution in [0, 0.1) is 0 Å². The van der Waals surface area contributed by atoms with Gasteiger partial charge in [-0.1, -0.05) is 28.1 Å². The van der Waals surface area contributed by atoms with Crippen LogP contribution in [-0.4, -0.2) is 22.9 Å². The highest BCUT2D eigenvalue weighted by molar-refractivity contribution is 9.10. The van der Waals surface area contributed by atoms with Gasteiger partial charge < -0.3 is 10.5 Å². The number of ether oxygens (including phenoxy) is 1. The van der Waals surface area contributed by atoms with Gasteiger partial charge in [-0.05, 0) is 49.8 Å². The van der Waals surface area contributed by atoms with Gasteiger partial charge in [0.25, 0.3) is 0 Å². The van der Waals surface area contributed by atoms with Crippen LogP contribution < -0.4 is 5.73 Å². The molecule has 1 aromatic heterocycles. The monoisotopic (exact) mass is 349 g/mol. The third kappa shape index (κ3) is 3.47. The summed E-state index contributed by atoms with van der Waals surface area (Å²) in [5, 5.41) is 7.26. The maximum atomic E-state index is 6.03. The molecule has 1 aromatic carbocycles. The molecule has 1 atom stereocenters. The average molecular weight is 350 g/mol. The van der Waals surface area contributed by atoms with Crippen LogP contribution in [0.2, 0.25) is 0 Å². The van der Waals surface area contributed by atoms with Gasteiger partial charge >= 0.3 is 0 Å². The van der Waals surface area contributed by atoms with Crippen molar-refractivity contribution in [3.05, 3.63) is 34.4 Å². The van der Waals surface area contributed by atoms with Crippen molar-refractivity contribution >= 4 is 21.7 Å². The molecule has 4 nitrogen and oxygen atoms in total. The molecule has 2 heterocycles. The first kappa shape index (κ1) is 14.6. The number of nitrogens with two attached hydrogens (primary N) is 1. The highest BCUT2D eigenvalue weighted by Crippen LogP contribution is 2.30. The SMILES string of the molecule is Nc1n[nH]c(CCC2CCCCO2)c1-c1ccc(Br)cc1. The molecule has 112 valence electrons. The molecule has 0 radical (unpaired) electrons. The van der Waals surface area contributed by atoms with Gasteiger partial charge in [0.1, 0.15) is 0 Å². The van der Waals surface area contributed by atoms with Crippen LogP contribution in [0.4, 0.5) is 5.82 Å². The summed E-state index contributed by atoms with van der Waals surface area (Å²) in [6.07, 6.45) is 5.94. The topological polar surface area (TPSA) is 63.9 Å². The molecule has 21 heavy (non-hydrogen) atoms. The molecule has 3 N–H and O–H groups in total. The molecule has 1 unspecified atom stereocenters. The van der Waals surface area contributed by atoms with E-state index < -0.39 is 0 Å². The minimum Gasteiger partial charge on any atom is -0.382 e. The van der Waals surface area contributed by atoms with Crippen molar-refractivity contribution in [1.82, 2.24) is 10.2 Å². The van der Waals surface area contributed by atoms with Gasteiger partial charge in [-0.25, -0.2) is 0 Å². The van der Waals surface area contributed by atoms with Crippen molar-refractivity contribution in [3.8, 4) is 11.1 Å². The second kappa shape index (κ2) is 6.62. The van der Waals surface area contributed by atoms with Crippen LogP contribution in [0.3, 0.4) is 0 Å². The number of hydrogen-bond acceptors (Lipinski definition) is 3. The van der Waals surface area contributed by atoms with Gasteiger partial charge in [-0.2, -0.15) is 5.10 Å². The van der Waals surface area contributed by atoms with Crippen molar-refractivity contribution in [1.29, 1.82) is 0 Å². The Bertz CT molecular complexity index is 588. The van der Waals surface area contributed by atoms with Gasteiger partial charge in [-0.3, -0.25) is 5.10 Å². The van der Waals surface area contributed by atoms with Crippen molar-refractivity contribution < 1.29 is 4.74 Å². The number of nitrogens with zero attached hydrogens (tertiary/aromatic N) is 1. The number of nitrogens with one attached hydrogen (secondary N) is 1. The minimum atomic E-state index is 0.376. The van der Waals surface area contributed by atoms with E-state index in [2.05, 4.69) is 38.3 Å². The maximum Gasteiger partial charge on any atom is 0.153 e. The average Bonchev–Trinajstić information content (AvgIpc) is 2.88. The van der Waals surface area contributed by atoms with Crippen molar-refractivity contribution in [3.63, 3.8) is 0 Å². The number of hydrogen-bond donors (Lipinski definition) is 2. The zero-order valence-electron chi connectivity index (χ0n) is 11.9. The van der Waals surface area contributed by atoms with Gasteiger partial charge in [0.05, 0.1) is 6.10 Å². The third-order valence-electron chi connectivity index (χ3n) is 3.99. The summed E-state index contributed by atoms with van der Waals surface area (Å²) in [5.41, 5.74) is 9.26. The highest BCUT2D eigenvalue weighted by atomic mass is 79.9. The van der Waals surface area contributed by atoms with E-state index >= 15 is 0 Å². The van der Waals surface area contributed by atoms with Crippen molar-refractivity contribution in [2.45, 2.75) is 38.2 Å². The highest BCUT2D eigenvalue weighted by Gasteiger charge is 2.17. The number of H-pyrrole nitrogens is 1. The minimum absolute atomic E-state index is 0.376. The lowest BCUT2D eigenvalue weighted by Crippen LogP contribution is -2.19. The summed E-state index contributed by atoms with van der Waals surface area (Å²) in [4.78, 5) is 0. The van der Waals surface area contributed by atoms with E-state index in [4.69, 9.17) is 10.5 Å². The molecule has 1 fully saturated rings. The largest absolute Gasteiger partial charge is 0.382 e. The number of rotatable bonds is 4. The Kier molecular flexibility index (Phi) is 4.60. The summed E-state index contributed by atoms with van der Waals surface area (Å²) in [5.74, 6) is 0.567. The van der Waals surface area contributed by atoms with Crippen LogP contribution in [-0.2, 0) is 11.2 Å². The molecule has 1 saturated heterocycles. The van der Waals surface area contributed by atoms with Crippen LogP contribution in [0.1, 0.15) is 31.4 Å². The molecule has 0 bridgehead atoms. The van der Waals surface area contributed by atoms with E-state index in [1.807, 2.05) is 12.1 Å². The molecular weight excluding hydrogens is 330 g/mol. The summed E-state index contributed by atoms with van der Waals surface area (Å²) < 4.78 is 6.86. The smallest absolute Gasteiger partial charge is 0.153 e. The normalized spacial score (nSPS) is 18.8. The number of halogens is 1. The fraction of sp³-hybridized carbons (Fsp3) is 0.438. The van der Waals surface area contributed by atoms with Crippen LogP contribution in [0.15, 0.2) is 28.7 Å². The zero-order chi connectivity index (χ0) is 14.7. The Morgan fingerprint density at radius 2 is 2.10 bits per heavy atom. The first-order valence-electron chi connectivity index (χ1n) is 7.44. The Hall–Kier alpha value is -1.33. The van der Waals surface area contributed by atoms with Gasteiger partial charge in [0, 0.05) is 22.3 Å². The Balaban J connectivity index is 1.75. The summed E-state index contributed by atoms with van der Waals surface area (Å²) in [6, 6.07) is 8.17. The summed E-state index contributed by atoms with van der Waals surface area (Å²) in [7, 11) is 0. The summed E-state index contributed by atoms with van der Waals surface area (Å²) in [6.45, 7) is 0.898. The molecule has 0 saturated carbocycles. The standard InChI is InChI=1S/C16H20BrN3O/c17-12-6-4-11(5-7-12)15-14(19-20-16(15)18)9-8-13-3-1-2-10-21-13/h4-7,13H,1-3,8-10H2,(H3,18,19,20). The van der Waals surface area contributed by atoms with Gasteiger partial charge in [0.15, 0.2) is 5.82 Å². The van der Waals surface area contributed by atoms with Crippen LogP contribution in [0.5, 0.6) is 0 Å². The fourth-order valence-electron chi connectivity index (χ4n) is 2.85. The quantitative estimate of drug-likeness (QED) is 0.878. The fourth-order valence-corrected chi connectivity index (χ4v) is 3.12. The molecule has 3 rings (SSSR count). The van der Waals surface area contributed by atoms with Gasteiger partial charge in [-0.15, -0.1) is 0 Å². The number of aryl methyl sites for hydroxylation is 1. The Morgan fingerprint density at radius 1 is 1.29 bits per heavy atom. The lowest BCUT2D eigenvalue weighted by atomic mass is 9.99. The number of aromatic nitrogens is 2. The second-order valence-electron chi connectivity index (χ2n) is 5.50. The first-order chi connectivity index (χ1) is 10.2. The van der Waals surface area contributed by atoms with Crippen LogP contribution >= 0.6 is 15.9 Å². The van der Waals surface area contributed by atoms with Crippen molar-refractivity contribution in [2.24, 2.45) is 0 Å². The summed E-state index contributed by atoms with van der Waals surface area (Å²) >= 11 is 3.46. The van der Waals surface area contributed by atoms with Crippen molar-refractivity contribution in [2.75, 3.05) is 12.3 Å². The number of aromatic amines is 1. The van der Waals surface area contributed by atoms with E-state index in [9.17, 15) is 0 Å². The van der Waals surface area contributed by atoms with E-state index in [1.165, 1.54) is 12.8 Å². The molecule has 1 aliphatic heterocycles. The number of benzene rings is 1. The molecule has 1 aliphatic rings. The Labute approximate surface area is 133 Å². The van der Waals surface area contributed by atoms with Crippen LogP contribution in [0.25, 0.3) is 11.1 Å². The predicted molar refractivity (Wildman–Crippen MR) is 88.0 cm³/mol. The zero-order valence-corrected chi connectivity index (χ0v) is 13.5. The Morgan fingerprint density at radius 3 is 2.81 bits per heavy atom. The molecule has 5 heteroatoms. The predicted octanol–water partition coefficient (Wildman–Crippen LogP) is 3.92. The lowest BCUT2D eigenvalue weighted by molar-refractivity contribution is 0.0114. The first-order valence-corrected chi connectivity index (χ1v) is 8.23. The molecule has 0 spiro atoms. The van der Waals surface area contributed by atoms with E-state index in [1.54, 1.807) is 0 Å². The van der Waals surface area contributed by atoms with Gasteiger partial charge in [0.2, 0.25) is 0 Å². The lowest BCUT2D eigenvalue weighted by Gasteiger charge is -2.22. The third-order valence-corrected chi connectivity index (χ3v) is 4.52. The van der Waals surface area contributed by atoms with E-state index in [-0.39, 0.29) is 0 Å². The van der Waals surface area contributed by atoms with E-state index in [0.29, 0.717) is 11.9 Å². The molecular formula is C16H20BrN3O. The second-order valence-corrected chi connectivity index (χ2v) is 6.41. The molecule has 0 amide bonds. The molecule has 0 aliphatic carbocycles.